The van der Waals surface area contributed by atoms with E-state index in [1.54, 1.807) is 16.8 Å². The molecule has 1 N–H and O–H groups in total. The number of halogens is 1. The van der Waals surface area contributed by atoms with Crippen LogP contribution in [-0.4, -0.2) is 29.9 Å². The summed E-state index contributed by atoms with van der Waals surface area (Å²) in [5.74, 6) is 0.678. The Kier molecular flexibility index (Phi) is 4.17. The predicted molar refractivity (Wildman–Crippen MR) is 87.7 cm³/mol. The monoisotopic (exact) mass is 335 g/mol. The van der Waals surface area contributed by atoms with Crippen LogP contribution in [0, 0.1) is 0 Å². The van der Waals surface area contributed by atoms with Gasteiger partial charge in [-0.25, -0.2) is 0 Å². The number of rotatable bonds is 4. The third-order valence-corrected chi connectivity index (χ3v) is 4.35. The largest absolute Gasteiger partial charge is 0.495 e. The summed E-state index contributed by atoms with van der Waals surface area (Å²) < 4.78 is 12.3. The van der Waals surface area contributed by atoms with Crippen LogP contribution in [0.4, 0.5) is 5.69 Å². The first-order chi connectivity index (χ1) is 11.0. The van der Waals surface area contributed by atoms with Gasteiger partial charge < -0.3 is 14.8 Å². The van der Waals surface area contributed by atoms with Gasteiger partial charge in [0.25, 0.3) is 5.91 Å². The zero-order chi connectivity index (χ0) is 16.6. The minimum absolute atomic E-state index is 0.258. The number of carbonyl (C=O) groups excluding carboxylic acids is 1. The molecule has 0 saturated carbocycles. The van der Waals surface area contributed by atoms with Gasteiger partial charge in [0.15, 0.2) is 5.69 Å². The molecule has 23 heavy (non-hydrogen) atoms. The molecule has 1 aromatic carbocycles. The normalized spacial score (nSPS) is 12.9. The van der Waals surface area contributed by atoms with Gasteiger partial charge in [-0.2, -0.15) is 5.10 Å². The first-order valence-electron chi connectivity index (χ1n) is 7.32. The van der Waals surface area contributed by atoms with Gasteiger partial charge in [-0.1, -0.05) is 11.6 Å². The first kappa shape index (κ1) is 15.7. The highest BCUT2D eigenvalue weighted by Crippen LogP contribution is 2.36. The molecule has 2 aromatic rings. The maximum atomic E-state index is 12.6. The van der Waals surface area contributed by atoms with Crippen molar-refractivity contribution in [3.63, 3.8) is 0 Å². The van der Waals surface area contributed by atoms with Crippen LogP contribution in [0.2, 0.25) is 5.02 Å². The molecule has 0 spiro atoms. The summed E-state index contributed by atoms with van der Waals surface area (Å²) in [5, 5.41) is 7.61. The lowest BCUT2D eigenvalue weighted by Gasteiger charge is -2.12. The standard InChI is InChI=1S/C16H18ClN3O3/c1-20-12-6-4-5-9(12)15(19-20)16(21)18-11-8-13(22-2)10(17)7-14(11)23-3/h7-8H,4-6H2,1-3H3,(H,18,21). The summed E-state index contributed by atoms with van der Waals surface area (Å²) in [5.41, 5.74) is 3.13. The fourth-order valence-corrected chi connectivity index (χ4v) is 3.16. The number of aromatic nitrogens is 2. The van der Waals surface area contributed by atoms with E-state index < -0.39 is 0 Å². The molecular weight excluding hydrogens is 318 g/mol. The number of fused-ring (bicyclic) bond motifs is 1. The molecule has 1 aromatic heterocycles. The van der Waals surface area contributed by atoms with Crippen molar-refractivity contribution in [2.75, 3.05) is 19.5 Å². The highest BCUT2D eigenvalue weighted by Gasteiger charge is 2.25. The third-order valence-electron chi connectivity index (χ3n) is 4.05. The highest BCUT2D eigenvalue weighted by atomic mass is 35.5. The summed E-state index contributed by atoms with van der Waals surface area (Å²) in [6.45, 7) is 0. The molecule has 0 fully saturated rings. The molecule has 0 unspecified atom stereocenters. The van der Waals surface area contributed by atoms with Crippen molar-refractivity contribution in [3.8, 4) is 11.5 Å². The van der Waals surface area contributed by atoms with Crippen LogP contribution >= 0.6 is 11.6 Å². The van der Waals surface area contributed by atoms with E-state index in [1.165, 1.54) is 14.2 Å². The summed E-state index contributed by atoms with van der Waals surface area (Å²) in [7, 11) is 4.91. The van der Waals surface area contributed by atoms with Gasteiger partial charge in [-0.05, 0) is 19.3 Å². The average Bonchev–Trinajstić information content (AvgIpc) is 3.12. The number of nitrogens with zero attached hydrogens (tertiary/aromatic N) is 2. The zero-order valence-electron chi connectivity index (χ0n) is 13.3. The second-order valence-electron chi connectivity index (χ2n) is 5.39. The van der Waals surface area contributed by atoms with Gasteiger partial charge in [0.1, 0.15) is 11.5 Å². The van der Waals surface area contributed by atoms with Crippen molar-refractivity contribution in [3.05, 3.63) is 34.1 Å². The lowest BCUT2D eigenvalue weighted by Crippen LogP contribution is -2.15. The number of methoxy groups -OCH3 is 2. The van der Waals surface area contributed by atoms with Crippen LogP contribution in [0.25, 0.3) is 0 Å². The Morgan fingerprint density at radius 1 is 1.26 bits per heavy atom. The van der Waals surface area contributed by atoms with Crippen molar-refractivity contribution >= 4 is 23.2 Å². The summed E-state index contributed by atoms with van der Waals surface area (Å²) in [6, 6.07) is 3.25. The van der Waals surface area contributed by atoms with E-state index in [4.69, 9.17) is 21.1 Å². The third kappa shape index (κ3) is 2.74. The predicted octanol–water partition coefficient (Wildman–Crippen LogP) is 2.83. The Morgan fingerprint density at radius 2 is 2.00 bits per heavy atom. The van der Waals surface area contributed by atoms with E-state index >= 15 is 0 Å². The Labute approximate surface area is 139 Å². The van der Waals surface area contributed by atoms with E-state index in [0.29, 0.717) is 27.9 Å². The second-order valence-corrected chi connectivity index (χ2v) is 5.80. The molecule has 0 saturated heterocycles. The van der Waals surface area contributed by atoms with Gasteiger partial charge in [-0.3, -0.25) is 9.48 Å². The molecule has 1 heterocycles. The summed E-state index contributed by atoms with van der Waals surface area (Å²) >= 11 is 6.08. The Bertz CT molecular complexity index is 770. The number of ether oxygens (including phenoxy) is 2. The fourth-order valence-electron chi connectivity index (χ4n) is 2.93. The molecule has 1 aliphatic carbocycles. The second kappa shape index (κ2) is 6.12. The van der Waals surface area contributed by atoms with Gasteiger partial charge in [-0.15, -0.1) is 0 Å². The lowest BCUT2D eigenvalue weighted by atomic mass is 10.2. The SMILES string of the molecule is COc1cc(NC(=O)c2nn(C)c3c2CCC3)c(OC)cc1Cl. The lowest BCUT2D eigenvalue weighted by molar-refractivity contribution is 0.102. The molecule has 0 radical (unpaired) electrons. The van der Waals surface area contributed by atoms with E-state index in [9.17, 15) is 4.79 Å². The number of amides is 1. The molecule has 1 aliphatic rings. The van der Waals surface area contributed by atoms with E-state index in [-0.39, 0.29) is 5.91 Å². The average molecular weight is 336 g/mol. The topological polar surface area (TPSA) is 65.4 Å². The highest BCUT2D eigenvalue weighted by molar-refractivity contribution is 6.32. The minimum Gasteiger partial charge on any atom is -0.495 e. The molecule has 0 atom stereocenters. The number of hydrogen-bond donors (Lipinski definition) is 1. The van der Waals surface area contributed by atoms with E-state index in [0.717, 1.165) is 30.5 Å². The van der Waals surface area contributed by atoms with Crippen molar-refractivity contribution in [1.29, 1.82) is 0 Å². The molecule has 122 valence electrons. The van der Waals surface area contributed by atoms with Crippen LogP contribution in [0.5, 0.6) is 11.5 Å². The quantitative estimate of drug-likeness (QED) is 0.933. The Morgan fingerprint density at radius 3 is 2.70 bits per heavy atom. The molecule has 7 heteroatoms. The van der Waals surface area contributed by atoms with Crippen molar-refractivity contribution in [2.24, 2.45) is 7.05 Å². The molecule has 1 amide bonds. The number of carbonyl (C=O) groups is 1. The van der Waals surface area contributed by atoms with Crippen molar-refractivity contribution in [2.45, 2.75) is 19.3 Å². The number of aryl methyl sites for hydroxylation is 1. The zero-order valence-corrected chi connectivity index (χ0v) is 14.0. The van der Waals surface area contributed by atoms with Gasteiger partial charge in [0, 0.05) is 30.4 Å². The summed E-state index contributed by atoms with van der Waals surface area (Å²) in [6.07, 6.45) is 2.90. The van der Waals surface area contributed by atoms with Crippen molar-refractivity contribution in [1.82, 2.24) is 9.78 Å². The summed E-state index contributed by atoms with van der Waals surface area (Å²) in [4.78, 5) is 12.6. The van der Waals surface area contributed by atoms with E-state index in [1.807, 2.05) is 7.05 Å². The molecule has 0 aliphatic heterocycles. The van der Waals surface area contributed by atoms with Crippen molar-refractivity contribution < 1.29 is 14.3 Å². The van der Waals surface area contributed by atoms with Crippen LogP contribution in [0.15, 0.2) is 12.1 Å². The number of benzene rings is 1. The maximum absolute atomic E-state index is 12.6. The number of hydrogen-bond acceptors (Lipinski definition) is 4. The van der Waals surface area contributed by atoms with Crippen LogP contribution < -0.4 is 14.8 Å². The molecule has 3 rings (SSSR count). The minimum atomic E-state index is -0.258. The molecular formula is C16H18ClN3O3. The van der Waals surface area contributed by atoms with Crippen LogP contribution in [0.1, 0.15) is 28.2 Å². The van der Waals surface area contributed by atoms with E-state index in [2.05, 4.69) is 10.4 Å². The first-order valence-corrected chi connectivity index (χ1v) is 7.70. The van der Waals surface area contributed by atoms with Gasteiger partial charge in [0.05, 0.1) is 24.9 Å². The van der Waals surface area contributed by atoms with Crippen LogP contribution in [-0.2, 0) is 19.9 Å². The Balaban J connectivity index is 1.93. The number of anilines is 1. The molecule has 0 bridgehead atoms. The molecule has 6 nitrogen and oxygen atoms in total. The number of nitrogens with one attached hydrogen (secondary N) is 1. The fraction of sp³-hybridized carbons (Fsp3) is 0.375. The Hall–Kier alpha value is -2.21. The van der Waals surface area contributed by atoms with Crippen LogP contribution in [0.3, 0.4) is 0 Å². The van der Waals surface area contributed by atoms with Gasteiger partial charge >= 0.3 is 0 Å². The van der Waals surface area contributed by atoms with Gasteiger partial charge in [0.2, 0.25) is 0 Å². The maximum Gasteiger partial charge on any atom is 0.276 e. The smallest absolute Gasteiger partial charge is 0.276 e.